The lowest BCUT2D eigenvalue weighted by Crippen LogP contribution is -2.16. The molecule has 0 radical (unpaired) electrons. The summed E-state index contributed by atoms with van der Waals surface area (Å²) in [6.45, 7) is 1.96. The predicted octanol–water partition coefficient (Wildman–Crippen LogP) is 2.87. The Labute approximate surface area is 138 Å². The van der Waals surface area contributed by atoms with Gasteiger partial charge >= 0.3 is 5.97 Å². The second-order valence-corrected chi connectivity index (χ2v) is 6.45. The van der Waals surface area contributed by atoms with Crippen molar-refractivity contribution in [3.63, 3.8) is 0 Å². The first-order chi connectivity index (χ1) is 11.3. The summed E-state index contributed by atoms with van der Waals surface area (Å²) >= 11 is 0. The van der Waals surface area contributed by atoms with Crippen LogP contribution in [0.15, 0.2) is 47.4 Å². The van der Waals surface area contributed by atoms with Crippen LogP contribution in [0.1, 0.15) is 12.5 Å². The average molecular weight is 355 g/mol. The Morgan fingerprint density at radius 1 is 1.08 bits per heavy atom. The first-order valence-corrected chi connectivity index (χ1v) is 8.53. The predicted molar refractivity (Wildman–Crippen MR) is 83.9 cm³/mol. The maximum atomic E-state index is 13.6. The number of ether oxygens (including phenoxy) is 1. The molecule has 0 fully saturated rings. The second-order valence-electron chi connectivity index (χ2n) is 4.84. The van der Waals surface area contributed by atoms with E-state index in [0.717, 1.165) is 18.2 Å². The number of anilines is 1. The Bertz CT molecular complexity index is 815. The Morgan fingerprint density at radius 3 is 2.21 bits per heavy atom. The average Bonchev–Trinajstić information content (AvgIpc) is 2.48. The van der Waals surface area contributed by atoms with Gasteiger partial charge in [-0.2, -0.15) is 0 Å². The van der Waals surface area contributed by atoms with Crippen molar-refractivity contribution in [2.75, 3.05) is 11.3 Å². The standard InChI is InChI=1S/C16H15F2NO4S/c1-2-23-15(20)10-11-6-8-12(9-7-11)19-24(21,22)16-13(17)4-3-5-14(16)18/h3-9,19H,2,10H2,1H3. The zero-order valence-electron chi connectivity index (χ0n) is 12.8. The number of halogens is 2. The molecule has 2 aromatic carbocycles. The van der Waals surface area contributed by atoms with E-state index < -0.39 is 32.5 Å². The molecule has 0 aliphatic rings. The second kappa shape index (κ2) is 7.39. The minimum atomic E-state index is -4.41. The lowest BCUT2D eigenvalue weighted by molar-refractivity contribution is -0.142. The lowest BCUT2D eigenvalue weighted by atomic mass is 10.1. The number of carbonyl (C=O) groups excluding carboxylic acids is 1. The van der Waals surface area contributed by atoms with Crippen LogP contribution < -0.4 is 4.72 Å². The van der Waals surface area contributed by atoms with Gasteiger partial charge in [-0.1, -0.05) is 18.2 Å². The maximum Gasteiger partial charge on any atom is 0.310 e. The van der Waals surface area contributed by atoms with E-state index in [2.05, 4.69) is 4.72 Å². The first kappa shape index (κ1) is 17.9. The molecule has 24 heavy (non-hydrogen) atoms. The number of carbonyl (C=O) groups is 1. The third-order valence-electron chi connectivity index (χ3n) is 3.05. The summed E-state index contributed by atoms with van der Waals surface area (Å²) in [7, 11) is -4.41. The third-order valence-corrected chi connectivity index (χ3v) is 4.48. The number of hydrogen-bond donors (Lipinski definition) is 1. The van der Waals surface area contributed by atoms with Gasteiger partial charge in [-0.05, 0) is 36.8 Å². The van der Waals surface area contributed by atoms with E-state index in [1.165, 1.54) is 24.3 Å². The van der Waals surface area contributed by atoms with Gasteiger partial charge in [0.15, 0.2) is 4.90 Å². The van der Waals surface area contributed by atoms with Crippen molar-refractivity contribution in [3.05, 3.63) is 59.7 Å². The van der Waals surface area contributed by atoms with E-state index in [4.69, 9.17) is 4.74 Å². The fourth-order valence-electron chi connectivity index (χ4n) is 2.01. The topological polar surface area (TPSA) is 72.5 Å². The zero-order valence-corrected chi connectivity index (χ0v) is 13.6. The molecule has 0 aromatic heterocycles. The molecular formula is C16H15F2NO4S. The van der Waals surface area contributed by atoms with Crippen LogP contribution >= 0.6 is 0 Å². The fraction of sp³-hybridized carbons (Fsp3) is 0.188. The van der Waals surface area contributed by atoms with Crippen LogP contribution in [0.4, 0.5) is 14.5 Å². The molecule has 0 amide bonds. The van der Waals surface area contributed by atoms with Gasteiger partial charge in [0.2, 0.25) is 0 Å². The molecule has 8 heteroatoms. The lowest BCUT2D eigenvalue weighted by Gasteiger charge is -2.10. The molecule has 0 spiro atoms. The Balaban J connectivity index is 2.17. The first-order valence-electron chi connectivity index (χ1n) is 7.05. The highest BCUT2D eigenvalue weighted by atomic mass is 32.2. The molecular weight excluding hydrogens is 340 g/mol. The number of benzene rings is 2. The van der Waals surface area contributed by atoms with E-state index in [0.29, 0.717) is 5.56 Å². The maximum absolute atomic E-state index is 13.6. The van der Waals surface area contributed by atoms with E-state index in [9.17, 15) is 22.0 Å². The smallest absolute Gasteiger partial charge is 0.310 e. The highest BCUT2D eigenvalue weighted by Gasteiger charge is 2.23. The number of nitrogens with one attached hydrogen (secondary N) is 1. The summed E-state index contributed by atoms with van der Waals surface area (Å²) in [6, 6.07) is 8.63. The monoisotopic (exact) mass is 355 g/mol. The highest BCUT2D eigenvalue weighted by Crippen LogP contribution is 2.22. The molecule has 0 aliphatic carbocycles. The summed E-state index contributed by atoms with van der Waals surface area (Å²) in [5.41, 5.74) is 0.735. The minimum Gasteiger partial charge on any atom is -0.466 e. The molecule has 2 aromatic rings. The number of sulfonamides is 1. The summed E-state index contributed by atoms with van der Waals surface area (Å²) < 4.78 is 58.4. The van der Waals surface area contributed by atoms with Gasteiger partial charge in [0.25, 0.3) is 10.0 Å². The Morgan fingerprint density at radius 2 is 1.67 bits per heavy atom. The number of esters is 1. The molecule has 0 bridgehead atoms. The molecule has 0 saturated carbocycles. The molecule has 0 atom stereocenters. The van der Waals surface area contributed by atoms with Gasteiger partial charge in [-0.15, -0.1) is 0 Å². The van der Waals surface area contributed by atoms with Crippen LogP contribution in [0.25, 0.3) is 0 Å². The molecule has 2 rings (SSSR count). The molecule has 0 unspecified atom stereocenters. The van der Waals surface area contributed by atoms with Crippen molar-refractivity contribution in [3.8, 4) is 0 Å². The van der Waals surface area contributed by atoms with E-state index in [1.807, 2.05) is 0 Å². The molecule has 128 valence electrons. The molecule has 1 N–H and O–H groups in total. The van der Waals surface area contributed by atoms with Gasteiger partial charge in [-0.3, -0.25) is 9.52 Å². The normalized spacial score (nSPS) is 11.1. The van der Waals surface area contributed by atoms with Crippen molar-refractivity contribution >= 4 is 21.7 Å². The SMILES string of the molecule is CCOC(=O)Cc1ccc(NS(=O)(=O)c2c(F)cccc2F)cc1. The van der Waals surface area contributed by atoms with Crippen molar-refractivity contribution in [2.24, 2.45) is 0 Å². The van der Waals surface area contributed by atoms with Crippen molar-refractivity contribution in [2.45, 2.75) is 18.2 Å². The van der Waals surface area contributed by atoms with Crippen molar-refractivity contribution in [1.82, 2.24) is 0 Å². The number of rotatable bonds is 6. The van der Waals surface area contributed by atoms with E-state index >= 15 is 0 Å². The Kier molecular flexibility index (Phi) is 5.50. The van der Waals surface area contributed by atoms with Gasteiger partial charge in [0, 0.05) is 5.69 Å². The van der Waals surface area contributed by atoms with Crippen LogP contribution in [0.2, 0.25) is 0 Å². The highest BCUT2D eigenvalue weighted by molar-refractivity contribution is 7.92. The zero-order chi connectivity index (χ0) is 17.7. The summed E-state index contributed by atoms with van der Waals surface area (Å²) in [6.07, 6.45) is 0.0445. The van der Waals surface area contributed by atoms with Crippen molar-refractivity contribution < 1.29 is 26.7 Å². The summed E-state index contributed by atoms with van der Waals surface area (Å²) in [4.78, 5) is 10.3. The van der Waals surface area contributed by atoms with Gasteiger partial charge in [0.05, 0.1) is 13.0 Å². The van der Waals surface area contributed by atoms with Crippen LogP contribution in [-0.2, 0) is 26.0 Å². The third kappa shape index (κ3) is 4.29. The van der Waals surface area contributed by atoms with Crippen LogP contribution in [0.3, 0.4) is 0 Å². The Hall–Kier alpha value is -2.48. The minimum absolute atomic E-state index is 0.0445. The van der Waals surface area contributed by atoms with Gasteiger partial charge < -0.3 is 4.74 Å². The molecule has 0 aliphatic heterocycles. The van der Waals surface area contributed by atoms with Crippen LogP contribution in [0.5, 0.6) is 0 Å². The molecule has 0 heterocycles. The van der Waals surface area contributed by atoms with Crippen LogP contribution in [0, 0.1) is 11.6 Å². The van der Waals surface area contributed by atoms with E-state index in [-0.39, 0.29) is 18.7 Å². The number of hydrogen-bond acceptors (Lipinski definition) is 4. The molecule has 5 nitrogen and oxygen atoms in total. The quantitative estimate of drug-likeness (QED) is 0.809. The van der Waals surface area contributed by atoms with Crippen molar-refractivity contribution in [1.29, 1.82) is 0 Å². The fourth-order valence-corrected chi connectivity index (χ4v) is 3.21. The van der Waals surface area contributed by atoms with Crippen LogP contribution in [-0.4, -0.2) is 21.0 Å². The molecule has 0 saturated heterocycles. The van der Waals surface area contributed by atoms with Gasteiger partial charge in [-0.25, -0.2) is 17.2 Å². The summed E-state index contributed by atoms with van der Waals surface area (Å²) in [5.74, 6) is -2.76. The largest absolute Gasteiger partial charge is 0.466 e. The summed E-state index contributed by atoms with van der Waals surface area (Å²) in [5, 5.41) is 0. The van der Waals surface area contributed by atoms with E-state index in [1.54, 1.807) is 6.92 Å². The van der Waals surface area contributed by atoms with Gasteiger partial charge in [0.1, 0.15) is 11.6 Å².